The van der Waals surface area contributed by atoms with Crippen LogP contribution in [0.2, 0.25) is 0 Å². The van der Waals surface area contributed by atoms with E-state index in [9.17, 15) is 5.11 Å². The zero-order chi connectivity index (χ0) is 10.3. The van der Waals surface area contributed by atoms with E-state index in [0.29, 0.717) is 6.54 Å². The maximum Gasteiger partial charge on any atom is 0.111 e. The molecule has 1 aliphatic heterocycles. The average Bonchev–Trinajstić information content (AvgIpc) is 2.82. The van der Waals surface area contributed by atoms with E-state index in [1.165, 1.54) is 4.70 Å². The largest absolute Gasteiger partial charge is 0.392 e. The first-order chi connectivity index (χ1) is 7.33. The van der Waals surface area contributed by atoms with Gasteiger partial charge in [0.25, 0.3) is 0 Å². The molecule has 0 bridgehead atoms. The van der Waals surface area contributed by atoms with Crippen molar-refractivity contribution in [3.8, 4) is 0 Å². The summed E-state index contributed by atoms with van der Waals surface area (Å²) in [4.78, 5) is 4.57. The molecule has 2 heterocycles. The molecule has 2 N–H and O–H groups in total. The molecule has 0 amide bonds. The fourth-order valence-corrected chi connectivity index (χ4v) is 3.00. The number of fused-ring (bicyclic) bond motifs is 1. The molecule has 1 aromatic heterocycles. The highest BCUT2D eigenvalue weighted by Crippen LogP contribution is 2.30. The van der Waals surface area contributed by atoms with Gasteiger partial charge in [0, 0.05) is 6.54 Å². The number of nitrogens with one attached hydrogen (secondary N) is 1. The number of β-amino-alcohol motifs (C(OH)–C–C–N with tert-alkyl or cyclic N) is 1. The SMILES string of the molecule is Cl.OC1CNC(c2nc3ccccc3s2)C1. The van der Waals surface area contributed by atoms with Crippen molar-refractivity contribution in [3.63, 3.8) is 0 Å². The van der Waals surface area contributed by atoms with E-state index in [2.05, 4.69) is 16.4 Å². The molecule has 86 valence electrons. The monoisotopic (exact) mass is 256 g/mol. The Morgan fingerprint density at radius 3 is 2.88 bits per heavy atom. The quantitative estimate of drug-likeness (QED) is 0.822. The van der Waals surface area contributed by atoms with Crippen LogP contribution in [0, 0.1) is 0 Å². The Hall–Kier alpha value is -0.680. The number of nitrogens with zero attached hydrogens (tertiary/aromatic N) is 1. The van der Waals surface area contributed by atoms with Gasteiger partial charge in [0.1, 0.15) is 5.01 Å². The maximum atomic E-state index is 9.45. The second kappa shape index (κ2) is 4.67. The molecule has 3 nitrogen and oxygen atoms in total. The van der Waals surface area contributed by atoms with Gasteiger partial charge in [-0.1, -0.05) is 12.1 Å². The summed E-state index contributed by atoms with van der Waals surface area (Å²) >= 11 is 1.71. The van der Waals surface area contributed by atoms with Gasteiger partial charge < -0.3 is 10.4 Å². The van der Waals surface area contributed by atoms with Crippen LogP contribution in [0.3, 0.4) is 0 Å². The number of hydrogen-bond donors (Lipinski definition) is 2. The van der Waals surface area contributed by atoms with Gasteiger partial charge in [-0.15, -0.1) is 23.7 Å². The molecule has 16 heavy (non-hydrogen) atoms. The number of aromatic nitrogens is 1. The Labute approximate surface area is 104 Å². The van der Waals surface area contributed by atoms with Crippen molar-refractivity contribution in [2.45, 2.75) is 18.6 Å². The van der Waals surface area contributed by atoms with Crippen LogP contribution in [-0.4, -0.2) is 22.7 Å². The molecule has 0 aliphatic carbocycles. The van der Waals surface area contributed by atoms with Crippen molar-refractivity contribution in [1.82, 2.24) is 10.3 Å². The van der Waals surface area contributed by atoms with E-state index in [0.717, 1.165) is 16.9 Å². The van der Waals surface area contributed by atoms with Crippen LogP contribution >= 0.6 is 23.7 Å². The van der Waals surface area contributed by atoms with Gasteiger partial charge in [-0.3, -0.25) is 0 Å². The molecule has 1 aromatic carbocycles. The summed E-state index contributed by atoms with van der Waals surface area (Å²) in [6, 6.07) is 8.38. The Balaban J connectivity index is 0.000000963. The maximum absolute atomic E-state index is 9.45. The molecule has 0 saturated carbocycles. The molecule has 1 aliphatic rings. The van der Waals surface area contributed by atoms with Gasteiger partial charge in [-0.2, -0.15) is 0 Å². The van der Waals surface area contributed by atoms with Gasteiger partial charge in [-0.05, 0) is 18.6 Å². The van der Waals surface area contributed by atoms with E-state index in [4.69, 9.17) is 0 Å². The molecule has 3 rings (SSSR count). The molecule has 1 saturated heterocycles. The van der Waals surface area contributed by atoms with Crippen molar-refractivity contribution >= 4 is 34.0 Å². The number of hydrogen-bond acceptors (Lipinski definition) is 4. The Bertz CT molecular complexity index is 455. The van der Waals surface area contributed by atoms with Crippen LogP contribution in [0.5, 0.6) is 0 Å². The van der Waals surface area contributed by atoms with Gasteiger partial charge in [0.15, 0.2) is 0 Å². The normalized spacial score (nSPS) is 24.6. The number of aliphatic hydroxyl groups is 1. The zero-order valence-electron chi connectivity index (χ0n) is 8.59. The minimum absolute atomic E-state index is 0. The summed E-state index contributed by atoms with van der Waals surface area (Å²) in [5, 5.41) is 13.8. The summed E-state index contributed by atoms with van der Waals surface area (Å²) in [6.45, 7) is 0.681. The van der Waals surface area contributed by atoms with Crippen LogP contribution in [0.4, 0.5) is 0 Å². The lowest BCUT2D eigenvalue weighted by Gasteiger charge is -2.03. The van der Waals surface area contributed by atoms with E-state index >= 15 is 0 Å². The molecule has 5 heteroatoms. The van der Waals surface area contributed by atoms with Crippen LogP contribution in [0.25, 0.3) is 10.2 Å². The van der Waals surface area contributed by atoms with Gasteiger partial charge in [0.2, 0.25) is 0 Å². The predicted octanol–water partition coefficient (Wildman–Crippen LogP) is 2.11. The predicted molar refractivity (Wildman–Crippen MR) is 68.2 cm³/mol. The van der Waals surface area contributed by atoms with E-state index in [-0.39, 0.29) is 24.6 Å². The Kier molecular flexibility index (Phi) is 3.44. The Morgan fingerprint density at radius 1 is 1.38 bits per heavy atom. The fourth-order valence-electron chi connectivity index (χ4n) is 1.94. The Morgan fingerprint density at radius 2 is 2.19 bits per heavy atom. The zero-order valence-corrected chi connectivity index (χ0v) is 10.2. The molecule has 2 atom stereocenters. The van der Waals surface area contributed by atoms with Crippen LogP contribution < -0.4 is 5.32 Å². The molecule has 2 aromatic rings. The lowest BCUT2D eigenvalue weighted by molar-refractivity contribution is 0.193. The van der Waals surface area contributed by atoms with Crippen molar-refractivity contribution in [1.29, 1.82) is 0 Å². The molecular formula is C11H13ClN2OS. The first-order valence-electron chi connectivity index (χ1n) is 5.10. The number of aliphatic hydroxyl groups excluding tert-OH is 1. The topological polar surface area (TPSA) is 45.1 Å². The summed E-state index contributed by atoms with van der Waals surface area (Å²) in [7, 11) is 0. The molecule has 2 unspecified atom stereocenters. The number of benzene rings is 1. The minimum atomic E-state index is -0.220. The third-order valence-electron chi connectivity index (χ3n) is 2.72. The smallest absolute Gasteiger partial charge is 0.111 e. The lowest BCUT2D eigenvalue weighted by atomic mass is 10.2. The summed E-state index contributed by atoms with van der Waals surface area (Å²) in [5.41, 5.74) is 1.06. The highest BCUT2D eigenvalue weighted by atomic mass is 35.5. The molecular weight excluding hydrogens is 244 g/mol. The average molecular weight is 257 g/mol. The number of thiazole rings is 1. The fraction of sp³-hybridized carbons (Fsp3) is 0.364. The standard InChI is InChI=1S/C11H12N2OS.ClH/c14-7-5-9(12-6-7)11-13-8-3-1-2-4-10(8)15-11;/h1-4,7,9,12,14H,5-6H2;1H. The third kappa shape index (κ3) is 2.06. The van der Waals surface area contributed by atoms with Crippen LogP contribution in [0.1, 0.15) is 17.5 Å². The first kappa shape index (κ1) is 11.8. The number of para-hydroxylation sites is 1. The number of halogens is 1. The highest BCUT2D eigenvalue weighted by molar-refractivity contribution is 7.18. The highest BCUT2D eigenvalue weighted by Gasteiger charge is 2.25. The van der Waals surface area contributed by atoms with E-state index < -0.39 is 0 Å². The lowest BCUT2D eigenvalue weighted by Crippen LogP contribution is -2.14. The summed E-state index contributed by atoms with van der Waals surface area (Å²) < 4.78 is 1.22. The van der Waals surface area contributed by atoms with E-state index in [1.807, 2.05) is 18.2 Å². The first-order valence-corrected chi connectivity index (χ1v) is 5.91. The van der Waals surface area contributed by atoms with Crippen LogP contribution in [-0.2, 0) is 0 Å². The van der Waals surface area contributed by atoms with Crippen molar-refractivity contribution in [2.75, 3.05) is 6.54 Å². The van der Waals surface area contributed by atoms with Crippen molar-refractivity contribution in [2.24, 2.45) is 0 Å². The van der Waals surface area contributed by atoms with Gasteiger partial charge in [-0.25, -0.2) is 4.98 Å². The molecule has 0 spiro atoms. The van der Waals surface area contributed by atoms with E-state index in [1.54, 1.807) is 11.3 Å². The third-order valence-corrected chi connectivity index (χ3v) is 3.87. The molecule has 0 radical (unpaired) electrons. The van der Waals surface area contributed by atoms with Crippen molar-refractivity contribution < 1.29 is 5.11 Å². The second-order valence-electron chi connectivity index (χ2n) is 3.87. The van der Waals surface area contributed by atoms with Crippen molar-refractivity contribution in [3.05, 3.63) is 29.3 Å². The van der Waals surface area contributed by atoms with Gasteiger partial charge >= 0.3 is 0 Å². The number of rotatable bonds is 1. The van der Waals surface area contributed by atoms with Crippen LogP contribution in [0.15, 0.2) is 24.3 Å². The minimum Gasteiger partial charge on any atom is -0.392 e. The summed E-state index contributed by atoms with van der Waals surface area (Å²) in [6.07, 6.45) is 0.557. The molecule has 1 fully saturated rings. The second-order valence-corrected chi connectivity index (χ2v) is 4.93. The van der Waals surface area contributed by atoms with Gasteiger partial charge in [0.05, 0.1) is 22.4 Å². The summed E-state index contributed by atoms with van der Waals surface area (Å²) in [5.74, 6) is 0.